The third kappa shape index (κ3) is 4.71. The molecule has 0 aromatic heterocycles. The van der Waals surface area contributed by atoms with E-state index in [1.54, 1.807) is 21.6 Å². The van der Waals surface area contributed by atoms with Crippen LogP contribution in [0.4, 0.5) is 10.5 Å². The first-order valence-electron chi connectivity index (χ1n) is 11.3. The van der Waals surface area contributed by atoms with Crippen molar-refractivity contribution in [2.75, 3.05) is 31.1 Å². The van der Waals surface area contributed by atoms with Crippen LogP contribution in [0.15, 0.2) is 48.5 Å². The first kappa shape index (κ1) is 22.8. The molecule has 33 heavy (non-hydrogen) atoms. The lowest BCUT2D eigenvalue weighted by molar-refractivity contribution is -0.147. The fraction of sp³-hybridized carbons (Fsp3) is 0.400. The summed E-state index contributed by atoms with van der Waals surface area (Å²) in [7, 11) is 0. The molecule has 174 valence electrons. The molecule has 4 amide bonds. The molecule has 0 unspecified atom stereocenters. The number of carbonyl (C=O) groups is 3. The minimum atomic E-state index is -1.41. The van der Waals surface area contributed by atoms with Crippen LogP contribution in [-0.2, 0) is 22.7 Å². The van der Waals surface area contributed by atoms with E-state index < -0.39 is 23.8 Å². The van der Waals surface area contributed by atoms with Crippen LogP contribution in [-0.4, -0.2) is 65.0 Å². The predicted molar refractivity (Wildman–Crippen MR) is 124 cm³/mol. The Morgan fingerprint density at radius 3 is 2.33 bits per heavy atom. The lowest BCUT2D eigenvalue weighted by Crippen LogP contribution is -2.46. The van der Waals surface area contributed by atoms with E-state index in [-0.39, 0.29) is 12.6 Å². The number of nitrogens with zero attached hydrogens (tertiary/aromatic N) is 3. The highest BCUT2D eigenvalue weighted by molar-refractivity contribution is 5.95. The molecule has 2 atom stereocenters. The number of fused-ring (bicyclic) bond motifs is 1. The maximum atomic E-state index is 12.8. The number of para-hydroxylation sites is 1. The zero-order valence-corrected chi connectivity index (χ0v) is 19.0. The molecule has 2 aliphatic heterocycles. The molecule has 0 bridgehead atoms. The summed E-state index contributed by atoms with van der Waals surface area (Å²) < 4.78 is 0. The molecule has 8 nitrogen and oxygen atoms in total. The minimum absolute atomic E-state index is 0.0876. The van der Waals surface area contributed by atoms with Gasteiger partial charge in [-0.1, -0.05) is 49.4 Å². The zero-order chi connectivity index (χ0) is 23.5. The fourth-order valence-corrected chi connectivity index (χ4v) is 4.39. The van der Waals surface area contributed by atoms with Crippen LogP contribution in [0.1, 0.15) is 23.6 Å². The molecule has 0 saturated carbocycles. The number of amides is 4. The summed E-state index contributed by atoms with van der Waals surface area (Å²) in [4.78, 5) is 43.0. The van der Waals surface area contributed by atoms with Crippen molar-refractivity contribution in [1.29, 1.82) is 0 Å². The largest absolute Gasteiger partial charge is 0.382 e. The van der Waals surface area contributed by atoms with E-state index in [1.807, 2.05) is 55.5 Å². The Balaban J connectivity index is 1.25. The molecule has 1 fully saturated rings. The number of nitrogens with one attached hydrogen (secondary N) is 1. The Morgan fingerprint density at radius 2 is 1.67 bits per heavy atom. The lowest BCUT2D eigenvalue weighted by atomic mass is 10.0. The van der Waals surface area contributed by atoms with E-state index >= 15 is 0 Å². The van der Waals surface area contributed by atoms with Gasteiger partial charge in [0.1, 0.15) is 6.10 Å². The van der Waals surface area contributed by atoms with Crippen LogP contribution in [0.3, 0.4) is 0 Å². The van der Waals surface area contributed by atoms with Gasteiger partial charge >= 0.3 is 6.03 Å². The maximum Gasteiger partial charge on any atom is 0.324 e. The average Bonchev–Trinajstić information content (AvgIpc) is 3.41. The Bertz CT molecular complexity index is 1030. The number of hydrogen-bond acceptors (Lipinski definition) is 4. The number of aliphatic hydroxyl groups excluding tert-OH is 1. The van der Waals surface area contributed by atoms with Crippen molar-refractivity contribution in [3.05, 3.63) is 65.2 Å². The highest BCUT2D eigenvalue weighted by Gasteiger charge is 2.34. The van der Waals surface area contributed by atoms with E-state index in [0.717, 1.165) is 22.4 Å². The standard InChI is InChI=1S/C25H30N4O4/c1-17-7-3-6-10-21(17)29-14-13-27(25(29)33)12-11-26-23(31)18(2)22(30)24(32)28-15-19-8-4-5-9-20(19)16-28/h3-10,18,22,30H,11-16H2,1-2H3,(H,26,31)/t18-,22-/m1/s1. The number of benzene rings is 2. The third-order valence-electron chi connectivity index (χ3n) is 6.47. The summed E-state index contributed by atoms with van der Waals surface area (Å²) >= 11 is 0. The van der Waals surface area contributed by atoms with Crippen molar-refractivity contribution in [1.82, 2.24) is 15.1 Å². The van der Waals surface area contributed by atoms with Gasteiger partial charge in [0.05, 0.1) is 5.92 Å². The minimum Gasteiger partial charge on any atom is -0.382 e. The molecular weight excluding hydrogens is 420 g/mol. The van der Waals surface area contributed by atoms with Crippen molar-refractivity contribution < 1.29 is 19.5 Å². The van der Waals surface area contributed by atoms with Crippen LogP contribution in [0.25, 0.3) is 0 Å². The molecule has 4 rings (SSSR count). The summed E-state index contributed by atoms with van der Waals surface area (Å²) in [5, 5.41) is 13.3. The number of hydrogen-bond donors (Lipinski definition) is 2. The van der Waals surface area contributed by atoms with Gasteiger partial charge in [-0.2, -0.15) is 0 Å². The third-order valence-corrected chi connectivity index (χ3v) is 6.47. The van der Waals surface area contributed by atoms with Crippen LogP contribution in [0.2, 0.25) is 0 Å². The van der Waals surface area contributed by atoms with E-state index in [0.29, 0.717) is 32.7 Å². The van der Waals surface area contributed by atoms with Gasteiger partial charge in [0.15, 0.2) is 0 Å². The Hall–Kier alpha value is -3.39. The Labute approximate surface area is 193 Å². The molecule has 2 aliphatic rings. The summed E-state index contributed by atoms with van der Waals surface area (Å²) in [5.74, 6) is -1.74. The monoisotopic (exact) mass is 450 g/mol. The quantitative estimate of drug-likeness (QED) is 0.674. The predicted octanol–water partition coefficient (Wildman–Crippen LogP) is 1.89. The number of rotatable bonds is 7. The highest BCUT2D eigenvalue weighted by atomic mass is 16.3. The van der Waals surface area contributed by atoms with Gasteiger partial charge < -0.3 is 20.2 Å². The smallest absolute Gasteiger partial charge is 0.324 e. The summed E-state index contributed by atoms with van der Waals surface area (Å²) in [6, 6.07) is 15.4. The van der Waals surface area contributed by atoms with E-state index in [2.05, 4.69) is 5.32 Å². The van der Waals surface area contributed by atoms with Crippen molar-refractivity contribution in [3.8, 4) is 0 Å². The topological polar surface area (TPSA) is 93.2 Å². The Kier molecular flexibility index (Phi) is 6.65. The SMILES string of the molecule is Cc1ccccc1N1CCN(CCNC(=O)[C@H](C)[C@@H](O)C(=O)N2Cc3ccccc3C2)C1=O. The van der Waals surface area contributed by atoms with E-state index in [4.69, 9.17) is 0 Å². The number of carbonyl (C=O) groups excluding carboxylic acids is 3. The van der Waals surface area contributed by atoms with Gasteiger partial charge in [-0.15, -0.1) is 0 Å². The van der Waals surface area contributed by atoms with Crippen molar-refractivity contribution >= 4 is 23.5 Å². The maximum absolute atomic E-state index is 12.8. The second-order valence-corrected chi connectivity index (χ2v) is 8.70. The van der Waals surface area contributed by atoms with Crippen molar-refractivity contribution in [2.45, 2.75) is 33.0 Å². The van der Waals surface area contributed by atoms with Gasteiger partial charge in [0.2, 0.25) is 5.91 Å². The fourth-order valence-electron chi connectivity index (χ4n) is 4.39. The second-order valence-electron chi connectivity index (χ2n) is 8.70. The van der Waals surface area contributed by atoms with Gasteiger partial charge in [0.25, 0.3) is 5.91 Å². The number of aliphatic hydroxyl groups is 1. The van der Waals surface area contributed by atoms with E-state index in [1.165, 1.54) is 0 Å². The van der Waals surface area contributed by atoms with Gasteiger partial charge in [-0.3, -0.25) is 14.5 Å². The summed E-state index contributed by atoms with van der Waals surface area (Å²) in [6.07, 6.45) is -1.41. The van der Waals surface area contributed by atoms with Gasteiger partial charge in [0, 0.05) is 45.0 Å². The highest BCUT2D eigenvalue weighted by Crippen LogP contribution is 2.25. The first-order chi connectivity index (χ1) is 15.9. The molecule has 8 heteroatoms. The van der Waals surface area contributed by atoms with Gasteiger partial charge in [-0.05, 0) is 29.7 Å². The molecule has 2 aromatic carbocycles. The van der Waals surface area contributed by atoms with Crippen molar-refractivity contribution in [3.63, 3.8) is 0 Å². The average molecular weight is 451 g/mol. The van der Waals surface area contributed by atoms with E-state index in [9.17, 15) is 19.5 Å². The van der Waals surface area contributed by atoms with Crippen LogP contribution >= 0.6 is 0 Å². The van der Waals surface area contributed by atoms with Gasteiger partial charge in [-0.25, -0.2) is 4.79 Å². The first-order valence-corrected chi connectivity index (χ1v) is 11.3. The molecule has 0 aliphatic carbocycles. The summed E-state index contributed by atoms with van der Waals surface area (Å²) in [6.45, 7) is 6.19. The van der Waals surface area contributed by atoms with Crippen LogP contribution in [0.5, 0.6) is 0 Å². The number of anilines is 1. The second kappa shape index (κ2) is 9.62. The molecular formula is C25H30N4O4. The number of urea groups is 1. The Morgan fingerprint density at radius 1 is 1.03 bits per heavy atom. The normalized spacial score (nSPS) is 17.2. The molecule has 0 radical (unpaired) electrons. The molecule has 2 N–H and O–H groups in total. The zero-order valence-electron chi connectivity index (χ0n) is 19.0. The van der Waals surface area contributed by atoms with Crippen LogP contribution in [0, 0.1) is 12.8 Å². The molecule has 1 saturated heterocycles. The molecule has 2 aromatic rings. The number of aryl methyl sites for hydroxylation is 1. The molecule has 2 heterocycles. The lowest BCUT2D eigenvalue weighted by Gasteiger charge is -2.24. The van der Waals surface area contributed by atoms with Crippen molar-refractivity contribution in [2.24, 2.45) is 5.92 Å². The molecule has 0 spiro atoms. The summed E-state index contributed by atoms with van der Waals surface area (Å²) in [5.41, 5.74) is 4.05. The van der Waals surface area contributed by atoms with Crippen LogP contribution < -0.4 is 10.2 Å².